The van der Waals surface area contributed by atoms with E-state index < -0.39 is 0 Å². The summed E-state index contributed by atoms with van der Waals surface area (Å²) in [7, 11) is 0. The summed E-state index contributed by atoms with van der Waals surface area (Å²) in [5, 5.41) is 3.39. The lowest BCUT2D eigenvalue weighted by atomic mass is 10.0. The molecule has 0 saturated carbocycles. The second-order valence-corrected chi connectivity index (χ2v) is 4.75. The van der Waals surface area contributed by atoms with E-state index in [4.69, 9.17) is 0 Å². The molecule has 0 aliphatic carbocycles. The molecule has 3 heteroatoms. The Hall–Kier alpha value is -1.35. The molecule has 0 aromatic heterocycles. The molecule has 1 aromatic carbocycles. The van der Waals surface area contributed by atoms with Gasteiger partial charge in [-0.3, -0.25) is 4.79 Å². The normalized spacial score (nSPS) is 28.1. The van der Waals surface area contributed by atoms with Gasteiger partial charge in [0.1, 0.15) is 0 Å². The maximum atomic E-state index is 12.2. The summed E-state index contributed by atoms with van der Waals surface area (Å²) in [6.45, 7) is 3.99. The SMILES string of the molecule is O=C(c1ccccc1)N1C[C@H]2CNC[C@H]2C1. The maximum Gasteiger partial charge on any atom is 0.253 e. The monoisotopic (exact) mass is 216 g/mol. The molecular formula is C13H16N2O. The first-order chi connectivity index (χ1) is 7.84. The Balaban J connectivity index is 1.73. The van der Waals surface area contributed by atoms with Crippen molar-refractivity contribution < 1.29 is 4.79 Å². The summed E-state index contributed by atoms with van der Waals surface area (Å²) in [6.07, 6.45) is 0. The van der Waals surface area contributed by atoms with Crippen molar-refractivity contribution in [1.29, 1.82) is 0 Å². The molecule has 2 atom stereocenters. The fourth-order valence-corrected chi connectivity index (χ4v) is 2.78. The van der Waals surface area contributed by atoms with Crippen LogP contribution in [0.25, 0.3) is 0 Å². The zero-order valence-electron chi connectivity index (χ0n) is 9.23. The number of carbonyl (C=O) groups excluding carboxylic acids is 1. The molecule has 0 radical (unpaired) electrons. The van der Waals surface area contributed by atoms with Crippen LogP contribution >= 0.6 is 0 Å². The van der Waals surface area contributed by atoms with Gasteiger partial charge in [-0.2, -0.15) is 0 Å². The number of fused-ring (bicyclic) bond motifs is 1. The Morgan fingerprint density at radius 3 is 2.38 bits per heavy atom. The minimum atomic E-state index is 0.190. The largest absolute Gasteiger partial charge is 0.338 e. The lowest BCUT2D eigenvalue weighted by molar-refractivity contribution is 0.0781. The van der Waals surface area contributed by atoms with Gasteiger partial charge < -0.3 is 10.2 Å². The van der Waals surface area contributed by atoms with Crippen LogP contribution in [0.1, 0.15) is 10.4 Å². The van der Waals surface area contributed by atoms with Crippen LogP contribution in [0, 0.1) is 11.8 Å². The molecule has 0 unspecified atom stereocenters. The highest BCUT2D eigenvalue weighted by molar-refractivity contribution is 5.94. The first-order valence-corrected chi connectivity index (χ1v) is 5.89. The quantitative estimate of drug-likeness (QED) is 0.759. The zero-order chi connectivity index (χ0) is 11.0. The smallest absolute Gasteiger partial charge is 0.253 e. The molecule has 2 saturated heterocycles. The van der Waals surface area contributed by atoms with E-state index in [0.717, 1.165) is 31.7 Å². The summed E-state index contributed by atoms with van der Waals surface area (Å²) in [4.78, 5) is 14.2. The van der Waals surface area contributed by atoms with Gasteiger partial charge in [0.05, 0.1) is 0 Å². The minimum Gasteiger partial charge on any atom is -0.338 e. The van der Waals surface area contributed by atoms with E-state index in [1.807, 2.05) is 35.2 Å². The number of hydrogen-bond acceptors (Lipinski definition) is 2. The molecule has 3 rings (SSSR count). The van der Waals surface area contributed by atoms with Crippen molar-refractivity contribution in [3.8, 4) is 0 Å². The van der Waals surface area contributed by atoms with Crippen LogP contribution in [0.2, 0.25) is 0 Å². The Morgan fingerprint density at radius 1 is 1.12 bits per heavy atom. The molecule has 84 valence electrons. The fourth-order valence-electron chi connectivity index (χ4n) is 2.78. The average molecular weight is 216 g/mol. The van der Waals surface area contributed by atoms with Gasteiger partial charge in [-0.1, -0.05) is 18.2 Å². The number of carbonyl (C=O) groups is 1. The third-order valence-electron chi connectivity index (χ3n) is 3.70. The highest BCUT2D eigenvalue weighted by Gasteiger charge is 2.38. The number of hydrogen-bond donors (Lipinski definition) is 1. The zero-order valence-corrected chi connectivity index (χ0v) is 9.23. The van der Waals surface area contributed by atoms with Gasteiger partial charge in [-0.15, -0.1) is 0 Å². The van der Waals surface area contributed by atoms with E-state index in [0.29, 0.717) is 11.8 Å². The van der Waals surface area contributed by atoms with Crippen LogP contribution in [0.3, 0.4) is 0 Å². The van der Waals surface area contributed by atoms with Crippen molar-refractivity contribution in [3.05, 3.63) is 35.9 Å². The van der Waals surface area contributed by atoms with Gasteiger partial charge in [0, 0.05) is 31.7 Å². The van der Waals surface area contributed by atoms with Crippen molar-refractivity contribution in [2.75, 3.05) is 26.2 Å². The van der Waals surface area contributed by atoms with E-state index in [2.05, 4.69) is 5.32 Å². The minimum absolute atomic E-state index is 0.190. The Bertz CT molecular complexity index is 378. The summed E-state index contributed by atoms with van der Waals surface area (Å²) in [6, 6.07) is 9.58. The standard InChI is InChI=1S/C13H16N2O/c16-13(10-4-2-1-3-5-10)15-8-11-6-14-7-12(11)9-15/h1-5,11-12,14H,6-9H2/t11-,12+. The van der Waals surface area contributed by atoms with Crippen LogP contribution in [0.15, 0.2) is 30.3 Å². The van der Waals surface area contributed by atoms with Crippen LogP contribution in [-0.4, -0.2) is 37.0 Å². The maximum absolute atomic E-state index is 12.2. The topological polar surface area (TPSA) is 32.3 Å². The van der Waals surface area contributed by atoms with Crippen LogP contribution in [-0.2, 0) is 0 Å². The molecule has 16 heavy (non-hydrogen) atoms. The number of amides is 1. The van der Waals surface area contributed by atoms with Crippen molar-refractivity contribution in [3.63, 3.8) is 0 Å². The lowest BCUT2D eigenvalue weighted by Gasteiger charge is -2.17. The van der Waals surface area contributed by atoms with Gasteiger partial charge in [0.15, 0.2) is 0 Å². The predicted molar refractivity (Wildman–Crippen MR) is 62.2 cm³/mol. The molecule has 2 heterocycles. The van der Waals surface area contributed by atoms with E-state index in [9.17, 15) is 4.79 Å². The first kappa shape index (κ1) is 9.85. The first-order valence-electron chi connectivity index (χ1n) is 5.89. The molecule has 2 aliphatic rings. The summed E-state index contributed by atoms with van der Waals surface area (Å²) < 4.78 is 0. The van der Waals surface area contributed by atoms with Crippen LogP contribution in [0.5, 0.6) is 0 Å². The fraction of sp³-hybridized carbons (Fsp3) is 0.462. The number of nitrogens with one attached hydrogen (secondary N) is 1. The van der Waals surface area contributed by atoms with Gasteiger partial charge in [-0.25, -0.2) is 0 Å². The predicted octanol–water partition coefficient (Wildman–Crippen LogP) is 0.978. The van der Waals surface area contributed by atoms with Crippen LogP contribution in [0.4, 0.5) is 0 Å². The molecule has 2 fully saturated rings. The molecular weight excluding hydrogens is 200 g/mol. The molecule has 0 bridgehead atoms. The van der Waals surface area contributed by atoms with Gasteiger partial charge in [0.25, 0.3) is 5.91 Å². The molecule has 2 aliphatic heterocycles. The highest BCUT2D eigenvalue weighted by Crippen LogP contribution is 2.27. The third kappa shape index (κ3) is 1.61. The van der Waals surface area contributed by atoms with Crippen molar-refractivity contribution >= 4 is 5.91 Å². The van der Waals surface area contributed by atoms with Gasteiger partial charge >= 0.3 is 0 Å². The molecule has 3 nitrogen and oxygen atoms in total. The molecule has 1 N–H and O–H groups in total. The van der Waals surface area contributed by atoms with Crippen molar-refractivity contribution in [1.82, 2.24) is 10.2 Å². The summed E-state index contributed by atoms with van der Waals surface area (Å²) in [5.74, 6) is 1.54. The average Bonchev–Trinajstić information content (AvgIpc) is 2.89. The lowest BCUT2D eigenvalue weighted by Crippen LogP contribution is -2.31. The van der Waals surface area contributed by atoms with E-state index in [1.165, 1.54) is 0 Å². The van der Waals surface area contributed by atoms with Gasteiger partial charge in [0.2, 0.25) is 0 Å². The summed E-state index contributed by atoms with van der Waals surface area (Å²) in [5.41, 5.74) is 0.815. The van der Waals surface area contributed by atoms with E-state index >= 15 is 0 Å². The number of benzene rings is 1. The van der Waals surface area contributed by atoms with E-state index in [-0.39, 0.29) is 5.91 Å². The summed E-state index contributed by atoms with van der Waals surface area (Å²) >= 11 is 0. The highest BCUT2D eigenvalue weighted by atomic mass is 16.2. The Morgan fingerprint density at radius 2 is 1.75 bits per heavy atom. The Kier molecular flexibility index (Phi) is 2.40. The third-order valence-corrected chi connectivity index (χ3v) is 3.70. The van der Waals surface area contributed by atoms with Crippen molar-refractivity contribution in [2.24, 2.45) is 11.8 Å². The Labute approximate surface area is 95.4 Å². The number of rotatable bonds is 1. The van der Waals surface area contributed by atoms with Crippen molar-refractivity contribution in [2.45, 2.75) is 0 Å². The second-order valence-electron chi connectivity index (χ2n) is 4.75. The molecule has 1 amide bonds. The molecule has 1 aromatic rings. The van der Waals surface area contributed by atoms with Gasteiger partial charge in [-0.05, 0) is 24.0 Å². The number of likely N-dealkylation sites (tertiary alicyclic amines) is 1. The molecule has 0 spiro atoms. The second kappa shape index (κ2) is 3.91. The number of nitrogens with zero attached hydrogens (tertiary/aromatic N) is 1. The van der Waals surface area contributed by atoms with E-state index in [1.54, 1.807) is 0 Å². The van der Waals surface area contributed by atoms with Crippen LogP contribution < -0.4 is 5.32 Å².